The molecule has 0 saturated heterocycles. The van der Waals surface area contributed by atoms with Crippen LogP contribution < -0.4 is 0 Å². The molecule has 2 aromatic heterocycles. The SMILES string of the molecule is Cn1c(-c2ccccc2)cc2nc(Cl)cnc21. The third kappa shape index (κ3) is 1.68. The van der Waals surface area contributed by atoms with Crippen molar-refractivity contribution in [2.24, 2.45) is 7.05 Å². The molecule has 3 rings (SSSR count). The molecular weight excluding hydrogens is 234 g/mol. The van der Waals surface area contributed by atoms with Crippen molar-refractivity contribution in [3.8, 4) is 11.3 Å². The van der Waals surface area contributed by atoms with Gasteiger partial charge in [0, 0.05) is 7.05 Å². The van der Waals surface area contributed by atoms with Gasteiger partial charge >= 0.3 is 0 Å². The zero-order chi connectivity index (χ0) is 11.8. The van der Waals surface area contributed by atoms with E-state index in [0.717, 1.165) is 22.4 Å². The average Bonchev–Trinajstić information content (AvgIpc) is 2.67. The standard InChI is InChI=1S/C13H10ClN3/c1-17-11(9-5-3-2-4-6-9)7-10-13(17)15-8-12(14)16-10/h2-8H,1H3. The number of hydrogen-bond acceptors (Lipinski definition) is 2. The van der Waals surface area contributed by atoms with Crippen LogP contribution in [-0.4, -0.2) is 14.5 Å². The molecule has 17 heavy (non-hydrogen) atoms. The normalized spacial score (nSPS) is 10.9. The summed E-state index contributed by atoms with van der Waals surface area (Å²) in [7, 11) is 1.98. The van der Waals surface area contributed by atoms with Crippen molar-refractivity contribution in [2.45, 2.75) is 0 Å². The van der Waals surface area contributed by atoms with E-state index < -0.39 is 0 Å². The monoisotopic (exact) mass is 243 g/mol. The van der Waals surface area contributed by atoms with Crippen molar-refractivity contribution < 1.29 is 0 Å². The Bertz CT molecular complexity index is 674. The summed E-state index contributed by atoms with van der Waals surface area (Å²) in [6, 6.07) is 12.2. The largest absolute Gasteiger partial charge is 0.327 e. The molecule has 0 aliphatic heterocycles. The molecule has 1 aromatic carbocycles. The minimum absolute atomic E-state index is 0.419. The first-order chi connectivity index (χ1) is 8.25. The fourth-order valence-electron chi connectivity index (χ4n) is 1.96. The minimum atomic E-state index is 0.419. The van der Waals surface area contributed by atoms with Crippen LogP contribution >= 0.6 is 11.6 Å². The highest BCUT2D eigenvalue weighted by Crippen LogP contribution is 2.25. The summed E-state index contributed by atoms with van der Waals surface area (Å²) < 4.78 is 2.02. The molecule has 0 spiro atoms. The van der Waals surface area contributed by atoms with E-state index in [1.54, 1.807) is 6.20 Å². The molecule has 0 unspecified atom stereocenters. The van der Waals surface area contributed by atoms with Crippen LogP contribution in [0.5, 0.6) is 0 Å². The van der Waals surface area contributed by atoms with Crippen LogP contribution in [0.2, 0.25) is 5.15 Å². The van der Waals surface area contributed by atoms with Gasteiger partial charge in [-0.25, -0.2) is 9.97 Å². The van der Waals surface area contributed by atoms with Crippen LogP contribution in [0, 0.1) is 0 Å². The van der Waals surface area contributed by atoms with Gasteiger partial charge in [-0.3, -0.25) is 0 Å². The highest BCUT2D eigenvalue weighted by Gasteiger charge is 2.09. The Morgan fingerprint density at radius 2 is 1.94 bits per heavy atom. The van der Waals surface area contributed by atoms with Gasteiger partial charge in [0.05, 0.1) is 11.9 Å². The molecule has 4 heteroatoms. The molecule has 0 aliphatic rings. The number of hydrogen-bond donors (Lipinski definition) is 0. The molecule has 3 nitrogen and oxygen atoms in total. The van der Waals surface area contributed by atoms with Crippen LogP contribution in [0.4, 0.5) is 0 Å². The zero-order valence-electron chi connectivity index (χ0n) is 9.26. The summed E-state index contributed by atoms with van der Waals surface area (Å²) in [5.74, 6) is 0. The molecule has 84 valence electrons. The van der Waals surface area contributed by atoms with E-state index in [-0.39, 0.29) is 0 Å². The van der Waals surface area contributed by atoms with E-state index in [1.807, 2.05) is 35.9 Å². The second kappa shape index (κ2) is 3.86. The van der Waals surface area contributed by atoms with Crippen molar-refractivity contribution in [2.75, 3.05) is 0 Å². The Morgan fingerprint density at radius 3 is 2.71 bits per heavy atom. The smallest absolute Gasteiger partial charge is 0.158 e. The lowest BCUT2D eigenvalue weighted by molar-refractivity contribution is 0.954. The van der Waals surface area contributed by atoms with Crippen LogP contribution in [0.25, 0.3) is 22.4 Å². The highest BCUT2D eigenvalue weighted by atomic mass is 35.5. The lowest BCUT2D eigenvalue weighted by Crippen LogP contribution is -1.93. The average molecular weight is 244 g/mol. The molecule has 0 N–H and O–H groups in total. The Hall–Kier alpha value is -1.87. The van der Waals surface area contributed by atoms with Gasteiger partial charge in [0.1, 0.15) is 10.7 Å². The molecule has 0 atom stereocenters. The fourth-order valence-corrected chi connectivity index (χ4v) is 2.10. The molecular formula is C13H10ClN3. The molecule has 0 bridgehead atoms. The van der Waals surface area contributed by atoms with Gasteiger partial charge in [0.15, 0.2) is 5.65 Å². The summed E-state index contributed by atoms with van der Waals surface area (Å²) in [5.41, 5.74) is 3.89. The molecule has 3 aromatic rings. The highest BCUT2D eigenvalue weighted by molar-refractivity contribution is 6.29. The molecule has 0 fully saturated rings. The van der Waals surface area contributed by atoms with Gasteiger partial charge in [-0.1, -0.05) is 41.9 Å². The summed E-state index contributed by atoms with van der Waals surface area (Å²) in [6.07, 6.45) is 1.57. The Morgan fingerprint density at radius 1 is 1.18 bits per heavy atom. The maximum absolute atomic E-state index is 5.84. The van der Waals surface area contributed by atoms with E-state index in [0.29, 0.717) is 5.15 Å². The van der Waals surface area contributed by atoms with Crippen LogP contribution in [0.3, 0.4) is 0 Å². The second-order valence-corrected chi connectivity index (χ2v) is 4.24. The van der Waals surface area contributed by atoms with Crippen LogP contribution in [0.15, 0.2) is 42.6 Å². The Labute approximate surface area is 104 Å². The number of benzene rings is 1. The third-order valence-electron chi connectivity index (χ3n) is 2.77. The first-order valence-electron chi connectivity index (χ1n) is 5.29. The van der Waals surface area contributed by atoms with E-state index in [2.05, 4.69) is 22.1 Å². The second-order valence-electron chi connectivity index (χ2n) is 3.86. The number of rotatable bonds is 1. The van der Waals surface area contributed by atoms with Gasteiger partial charge in [-0.05, 0) is 11.6 Å². The van der Waals surface area contributed by atoms with Gasteiger partial charge < -0.3 is 4.57 Å². The molecule has 2 heterocycles. The van der Waals surface area contributed by atoms with Crippen molar-refractivity contribution in [3.05, 3.63) is 47.7 Å². The maximum Gasteiger partial charge on any atom is 0.158 e. The van der Waals surface area contributed by atoms with E-state index in [4.69, 9.17) is 11.6 Å². The predicted molar refractivity (Wildman–Crippen MR) is 69.0 cm³/mol. The van der Waals surface area contributed by atoms with Crippen molar-refractivity contribution in [1.82, 2.24) is 14.5 Å². The Balaban J connectivity index is 2.28. The first-order valence-corrected chi connectivity index (χ1v) is 5.67. The first kappa shape index (κ1) is 10.3. The van der Waals surface area contributed by atoms with E-state index in [9.17, 15) is 0 Å². The summed E-state index contributed by atoms with van der Waals surface area (Å²) in [6.45, 7) is 0. The maximum atomic E-state index is 5.84. The van der Waals surface area contributed by atoms with Gasteiger partial charge in [-0.2, -0.15) is 0 Å². The Kier molecular flexibility index (Phi) is 2.34. The third-order valence-corrected chi connectivity index (χ3v) is 2.95. The molecule has 0 amide bonds. The molecule has 0 aliphatic carbocycles. The minimum Gasteiger partial charge on any atom is -0.327 e. The van der Waals surface area contributed by atoms with E-state index >= 15 is 0 Å². The lowest BCUT2D eigenvalue weighted by Gasteiger charge is -2.02. The van der Waals surface area contributed by atoms with Crippen molar-refractivity contribution in [3.63, 3.8) is 0 Å². The summed E-state index contributed by atoms with van der Waals surface area (Å²) in [4.78, 5) is 8.56. The fraction of sp³-hybridized carbons (Fsp3) is 0.0769. The topological polar surface area (TPSA) is 30.7 Å². The van der Waals surface area contributed by atoms with Crippen LogP contribution in [0.1, 0.15) is 0 Å². The van der Waals surface area contributed by atoms with Gasteiger partial charge in [0.25, 0.3) is 0 Å². The zero-order valence-corrected chi connectivity index (χ0v) is 10.0. The number of aromatic nitrogens is 3. The summed E-state index contributed by atoms with van der Waals surface area (Å²) >= 11 is 5.84. The van der Waals surface area contributed by atoms with Gasteiger partial charge in [0.2, 0.25) is 0 Å². The predicted octanol–water partition coefficient (Wildman–Crippen LogP) is 3.29. The number of fused-ring (bicyclic) bond motifs is 1. The van der Waals surface area contributed by atoms with E-state index in [1.165, 1.54) is 0 Å². The van der Waals surface area contributed by atoms with Crippen molar-refractivity contribution in [1.29, 1.82) is 0 Å². The number of nitrogens with zero attached hydrogens (tertiary/aromatic N) is 3. The van der Waals surface area contributed by atoms with Crippen LogP contribution in [-0.2, 0) is 7.05 Å². The van der Waals surface area contributed by atoms with Crippen molar-refractivity contribution >= 4 is 22.8 Å². The summed E-state index contributed by atoms with van der Waals surface area (Å²) in [5, 5.41) is 0.419. The lowest BCUT2D eigenvalue weighted by atomic mass is 10.1. The molecule has 0 radical (unpaired) electrons. The number of aryl methyl sites for hydroxylation is 1. The van der Waals surface area contributed by atoms with Gasteiger partial charge in [-0.15, -0.1) is 0 Å². The molecule has 0 saturated carbocycles. The number of halogens is 1. The quantitative estimate of drug-likeness (QED) is 0.657.